The van der Waals surface area contributed by atoms with E-state index in [9.17, 15) is 0 Å². The average molecular weight is 435 g/mol. The highest BCUT2D eigenvalue weighted by molar-refractivity contribution is 7.99. The van der Waals surface area contributed by atoms with Gasteiger partial charge in [0.1, 0.15) is 0 Å². The molecule has 1 unspecified atom stereocenters. The van der Waals surface area contributed by atoms with Crippen molar-refractivity contribution in [1.29, 1.82) is 0 Å². The van der Waals surface area contributed by atoms with Crippen LogP contribution >= 0.6 is 24.0 Å². The predicted molar refractivity (Wildman–Crippen MR) is 135 cm³/mol. The summed E-state index contributed by atoms with van der Waals surface area (Å²) in [6.45, 7) is 8.93. The molecule has 0 spiro atoms. The molecule has 2 aliphatic rings. The molecule has 2 aromatic rings. The van der Waals surface area contributed by atoms with Crippen LogP contribution in [0.5, 0.6) is 0 Å². The van der Waals surface area contributed by atoms with Crippen molar-refractivity contribution in [2.45, 2.75) is 45.6 Å². The summed E-state index contributed by atoms with van der Waals surface area (Å²) in [5.41, 5.74) is 9.19. The van der Waals surface area contributed by atoms with Crippen LogP contribution in [-0.2, 0) is 0 Å². The zero-order chi connectivity index (χ0) is 21.3. The predicted octanol–water partition coefficient (Wildman–Crippen LogP) is 6.54. The largest absolute Gasteiger partial charge is 0.352 e. The van der Waals surface area contributed by atoms with E-state index in [1.165, 1.54) is 39.1 Å². The van der Waals surface area contributed by atoms with E-state index in [0.29, 0.717) is 16.9 Å². The van der Waals surface area contributed by atoms with E-state index < -0.39 is 0 Å². The third-order valence-electron chi connectivity index (χ3n) is 5.90. The van der Waals surface area contributed by atoms with E-state index in [4.69, 9.17) is 12.2 Å². The number of thioether (sulfide) groups is 1. The van der Waals surface area contributed by atoms with Gasteiger partial charge in [-0.3, -0.25) is 0 Å². The van der Waals surface area contributed by atoms with Gasteiger partial charge in [0.15, 0.2) is 5.11 Å². The van der Waals surface area contributed by atoms with Crippen molar-refractivity contribution in [3.63, 3.8) is 0 Å². The molecule has 2 aliphatic heterocycles. The fourth-order valence-electron chi connectivity index (χ4n) is 4.03. The van der Waals surface area contributed by atoms with Crippen LogP contribution in [0.15, 0.2) is 65.4 Å². The molecule has 0 radical (unpaired) electrons. The Kier molecular flexibility index (Phi) is 6.35. The molecule has 1 atom stereocenters. The van der Waals surface area contributed by atoms with Crippen LogP contribution in [0.2, 0.25) is 0 Å². The van der Waals surface area contributed by atoms with Crippen molar-refractivity contribution in [2.75, 3.05) is 11.5 Å². The van der Waals surface area contributed by atoms with Gasteiger partial charge in [-0.05, 0) is 63.5 Å². The SMILES string of the molecule is CC(C)c1ccc(/C=C2/CSCC3=C2NC(=S)NC3c2ccc(C(C)C)cc2)cc1. The Morgan fingerprint density at radius 3 is 2.10 bits per heavy atom. The zero-order valence-electron chi connectivity index (χ0n) is 18.2. The lowest BCUT2D eigenvalue weighted by atomic mass is 9.91. The van der Waals surface area contributed by atoms with Gasteiger partial charge in [-0.2, -0.15) is 11.8 Å². The molecule has 0 bridgehead atoms. The van der Waals surface area contributed by atoms with Gasteiger partial charge in [0, 0.05) is 17.2 Å². The molecule has 4 rings (SSSR count). The molecular formula is C26H30N2S2. The number of hydrogen-bond donors (Lipinski definition) is 2. The number of benzene rings is 2. The molecule has 0 amide bonds. The van der Waals surface area contributed by atoms with Crippen molar-refractivity contribution < 1.29 is 0 Å². The topological polar surface area (TPSA) is 24.1 Å². The maximum atomic E-state index is 5.59. The third kappa shape index (κ3) is 4.50. The Morgan fingerprint density at radius 2 is 1.50 bits per heavy atom. The average Bonchev–Trinajstić information content (AvgIpc) is 2.74. The molecule has 0 aromatic heterocycles. The maximum Gasteiger partial charge on any atom is 0.171 e. The van der Waals surface area contributed by atoms with Crippen molar-refractivity contribution in [1.82, 2.24) is 10.6 Å². The highest BCUT2D eigenvalue weighted by Crippen LogP contribution is 2.37. The Bertz CT molecular complexity index is 983. The monoisotopic (exact) mass is 434 g/mol. The number of rotatable bonds is 4. The van der Waals surface area contributed by atoms with Crippen LogP contribution in [0.3, 0.4) is 0 Å². The summed E-state index contributed by atoms with van der Waals surface area (Å²) >= 11 is 7.57. The molecule has 0 aliphatic carbocycles. The van der Waals surface area contributed by atoms with Gasteiger partial charge in [0.25, 0.3) is 0 Å². The minimum absolute atomic E-state index is 0.134. The van der Waals surface area contributed by atoms with Crippen molar-refractivity contribution in [2.24, 2.45) is 0 Å². The fourth-order valence-corrected chi connectivity index (χ4v) is 5.33. The number of allylic oxidation sites excluding steroid dienone is 1. The first-order valence-corrected chi connectivity index (χ1v) is 12.3. The second-order valence-corrected chi connectivity index (χ2v) is 10.1. The lowest BCUT2D eigenvalue weighted by Crippen LogP contribution is -2.45. The zero-order valence-corrected chi connectivity index (χ0v) is 19.8. The number of nitrogens with one attached hydrogen (secondary N) is 2. The first-order valence-electron chi connectivity index (χ1n) is 10.7. The summed E-state index contributed by atoms with van der Waals surface area (Å²) in [5.74, 6) is 3.10. The van der Waals surface area contributed by atoms with Gasteiger partial charge in [-0.25, -0.2) is 0 Å². The molecule has 2 N–H and O–H groups in total. The van der Waals surface area contributed by atoms with E-state index >= 15 is 0 Å². The molecular weight excluding hydrogens is 404 g/mol. The van der Waals surface area contributed by atoms with Crippen molar-refractivity contribution in [3.05, 3.63) is 87.6 Å². The van der Waals surface area contributed by atoms with E-state index in [1.54, 1.807) is 0 Å². The van der Waals surface area contributed by atoms with Gasteiger partial charge in [0.2, 0.25) is 0 Å². The van der Waals surface area contributed by atoms with Crippen LogP contribution < -0.4 is 10.6 Å². The molecule has 0 saturated heterocycles. The first-order chi connectivity index (χ1) is 14.4. The van der Waals surface area contributed by atoms with Crippen LogP contribution in [-0.4, -0.2) is 16.6 Å². The molecule has 2 nitrogen and oxygen atoms in total. The number of hydrogen-bond acceptors (Lipinski definition) is 2. The normalized spacial score (nSPS) is 20.4. The molecule has 2 heterocycles. The van der Waals surface area contributed by atoms with Gasteiger partial charge < -0.3 is 10.6 Å². The quantitative estimate of drug-likeness (QED) is 0.534. The second-order valence-electron chi connectivity index (χ2n) is 8.74. The molecule has 4 heteroatoms. The Labute approximate surface area is 190 Å². The summed E-state index contributed by atoms with van der Waals surface area (Å²) < 4.78 is 0. The van der Waals surface area contributed by atoms with Crippen LogP contribution in [0, 0.1) is 0 Å². The van der Waals surface area contributed by atoms with Gasteiger partial charge in [0.05, 0.1) is 6.04 Å². The van der Waals surface area contributed by atoms with Gasteiger partial charge in [-0.15, -0.1) is 0 Å². The summed E-state index contributed by atoms with van der Waals surface area (Å²) in [5, 5.41) is 7.68. The highest BCUT2D eigenvalue weighted by Gasteiger charge is 2.30. The first kappa shape index (κ1) is 21.2. The van der Waals surface area contributed by atoms with Crippen molar-refractivity contribution in [3.8, 4) is 0 Å². The van der Waals surface area contributed by atoms with Gasteiger partial charge >= 0.3 is 0 Å². The van der Waals surface area contributed by atoms with E-state index in [-0.39, 0.29) is 6.04 Å². The maximum absolute atomic E-state index is 5.59. The molecule has 0 fully saturated rings. The van der Waals surface area contributed by atoms with Crippen molar-refractivity contribution >= 4 is 35.2 Å². The molecule has 30 heavy (non-hydrogen) atoms. The lowest BCUT2D eigenvalue weighted by molar-refractivity contribution is 0.693. The molecule has 2 aromatic carbocycles. The summed E-state index contributed by atoms with van der Waals surface area (Å²) in [6, 6.07) is 18.1. The van der Waals surface area contributed by atoms with Crippen LogP contribution in [0.25, 0.3) is 6.08 Å². The van der Waals surface area contributed by atoms with E-state index in [0.717, 1.165) is 11.5 Å². The Morgan fingerprint density at radius 1 is 0.900 bits per heavy atom. The van der Waals surface area contributed by atoms with Crippen LogP contribution in [0.1, 0.15) is 67.8 Å². The van der Waals surface area contributed by atoms with Gasteiger partial charge in [-0.1, -0.05) is 76.2 Å². The van der Waals surface area contributed by atoms with Crippen LogP contribution in [0.4, 0.5) is 0 Å². The summed E-state index contributed by atoms with van der Waals surface area (Å²) in [4.78, 5) is 0. The minimum Gasteiger partial charge on any atom is -0.352 e. The fraction of sp³-hybridized carbons (Fsp3) is 0.346. The Balaban J connectivity index is 1.68. The van der Waals surface area contributed by atoms with E-state index in [2.05, 4.69) is 92.9 Å². The standard InChI is InChI=1S/C26H30N2S2/c1-16(2)19-7-5-18(6-8-19)13-22-14-30-15-23-24(27-26(29)28-25(22)23)21-11-9-20(10-12-21)17(3)4/h5-13,16-17,24H,14-15H2,1-4H3,(H2,27,28,29)/b22-13-. The number of thiocarbonyl (C=S) groups is 1. The third-order valence-corrected chi connectivity index (χ3v) is 7.15. The second kappa shape index (κ2) is 8.99. The Hall–Kier alpha value is -2.04. The molecule has 0 saturated carbocycles. The van der Waals surface area contributed by atoms with E-state index in [1.807, 2.05) is 11.8 Å². The molecule has 156 valence electrons. The highest BCUT2D eigenvalue weighted by atomic mass is 32.2. The summed E-state index contributed by atoms with van der Waals surface area (Å²) in [6.07, 6.45) is 2.31. The lowest BCUT2D eigenvalue weighted by Gasteiger charge is -2.36. The smallest absolute Gasteiger partial charge is 0.171 e. The summed E-state index contributed by atoms with van der Waals surface area (Å²) in [7, 11) is 0. The minimum atomic E-state index is 0.134.